The predicted molar refractivity (Wildman–Crippen MR) is 77.3 cm³/mol. The Kier molecular flexibility index (Phi) is 2.97. The quantitative estimate of drug-likeness (QED) is 0.869. The summed E-state index contributed by atoms with van der Waals surface area (Å²) >= 11 is 9.05. The number of hydrogen-bond acceptors (Lipinski definition) is 5. The second-order valence-corrected chi connectivity index (χ2v) is 8.14. The van der Waals surface area contributed by atoms with Gasteiger partial charge >= 0.3 is 0 Å². The standard InChI is InChI=1S/C12H14ClN3S2/c1-12(2)3-6(14)9-7(4-12)16-11(18-9)10-15-5-8(13)17-10/h5-6H,3-4,14H2,1-2H3. The number of hydrogen-bond donors (Lipinski definition) is 1. The van der Waals surface area contributed by atoms with Crippen LogP contribution < -0.4 is 5.73 Å². The van der Waals surface area contributed by atoms with Gasteiger partial charge in [0.05, 0.1) is 11.9 Å². The van der Waals surface area contributed by atoms with Gasteiger partial charge in [0.15, 0.2) is 10.0 Å². The number of halogens is 1. The van der Waals surface area contributed by atoms with Crippen LogP contribution in [0.3, 0.4) is 0 Å². The lowest BCUT2D eigenvalue weighted by Gasteiger charge is -2.32. The van der Waals surface area contributed by atoms with Gasteiger partial charge in [0.2, 0.25) is 0 Å². The van der Waals surface area contributed by atoms with Gasteiger partial charge < -0.3 is 5.73 Å². The first kappa shape index (κ1) is 12.5. The van der Waals surface area contributed by atoms with Crippen molar-refractivity contribution in [3.63, 3.8) is 0 Å². The summed E-state index contributed by atoms with van der Waals surface area (Å²) in [6.07, 6.45) is 3.68. The van der Waals surface area contributed by atoms with Crippen molar-refractivity contribution in [1.82, 2.24) is 9.97 Å². The molecule has 0 radical (unpaired) electrons. The van der Waals surface area contributed by atoms with Gasteiger partial charge in [-0.15, -0.1) is 11.3 Å². The highest BCUT2D eigenvalue weighted by Crippen LogP contribution is 2.44. The molecule has 96 valence electrons. The first-order valence-corrected chi connectivity index (χ1v) is 7.83. The zero-order valence-corrected chi connectivity index (χ0v) is 12.6. The summed E-state index contributed by atoms with van der Waals surface area (Å²) in [7, 11) is 0. The maximum Gasteiger partial charge on any atom is 0.153 e. The molecule has 2 N–H and O–H groups in total. The summed E-state index contributed by atoms with van der Waals surface area (Å²) < 4.78 is 0.697. The van der Waals surface area contributed by atoms with E-state index >= 15 is 0 Å². The van der Waals surface area contributed by atoms with Gasteiger partial charge in [-0.25, -0.2) is 9.97 Å². The van der Waals surface area contributed by atoms with E-state index in [-0.39, 0.29) is 11.5 Å². The van der Waals surface area contributed by atoms with Crippen LogP contribution in [0.15, 0.2) is 6.20 Å². The lowest BCUT2D eigenvalue weighted by Crippen LogP contribution is -2.28. The Morgan fingerprint density at radius 2 is 2.17 bits per heavy atom. The zero-order chi connectivity index (χ0) is 12.9. The molecule has 18 heavy (non-hydrogen) atoms. The van der Waals surface area contributed by atoms with Crippen molar-refractivity contribution >= 4 is 34.3 Å². The highest BCUT2D eigenvalue weighted by Gasteiger charge is 2.33. The van der Waals surface area contributed by atoms with Gasteiger partial charge in [-0.1, -0.05) is 36.8 Å². The third kappa shape index (κ3) is 2.20. The molecule has 6 heteroatoms. The van der Waals surface area contributed by atoms with Crippen molar-refractivity contribution in [1.29, 1.82) is 0 Å². The average Bonchev–Trinajstić information content (AvgIpc) is 2.82. The van der Waals surface area contributed by atoms with E-state index in [1.807, 2.05) is 0 Å². The molecule has 0 aliphatic heterocycles. The van der Waals surface area contributed by atoms with Crippen LogP contribution in [0.1, 0.15) is 36.9 Å². The molecule has 0 spiro atoms. The minimum absolute atomic E-state index is 0.102. The fraction of sp³-hybridized carbons (Fsp3) is 0.500. The molecule has 0 bridgehead atoms. The Morgan fingerprint density at radius 1 is 1.39 bits per heavy atom. The van der Waals surface area contributed by atoms with E-state index in [1.165, 1.54) is 16.2 Å². The molecule has 1 aliphatic rings. The summed E-state index contributed by atoms with van der Waals surface area (Å²) in [5.74, 6) is 0. The first-order chi connectivity index (χ1) is 8.44. The minimum Gasteiger partial charge on any atom is -0.323 e. The second kappa shape index (κ2) is 4.27. The molecular formula is C12H14ClN3S2. The fourth-order valence-electron chi connectivity index (χ4n) is 2.44. The summed E-state index contributed by atoms with van der Waals surface area (Å²) in [5.41, 5.74) is 7.62. The van der Waals surface area contributed by atoms with Gasteiger partial charge in [0.1, 0.15) is 4.34 Å². The van der Waals surface area contributed by atoms with E-state index in [0.29, 0.717) is 4.34 Å². The minimum atomic E-state index is 0.102. The van der Waals surface area contributed by atoms with Crippen LogP contribution in [-0.2, 0) is 6.42 Å². The van der Waals surface area contributed by atoms with E-state index in [4.69, 9.17) is 22.3 Å². The number of nitrogens with zero attached hydrogens (tertiary/aromatic N) is 2. The molecule has 2 aromatic heterocycles. The highest BCUT2D eigenvalue weighted by atomic mass is 35.5. The highest BCUT2D eigenvalue weighted by molar-refractivity contribution is 7.23. The van der Waals surface area contributed by atoms with Crippen molar-refractivity contribution in [2.45, 2.75) is 32.7 Å². The first-order valence-electron chi connectivity index (χ1n) is 5.81. The third-order valence-electron chi connectivity index (χ3n) is 3.14. The van der Waals surface area contributed by atoms with Crippen molar-refractivity contribution < 1.29 is 0 Å². The van der Waals surface area contributed by atoms with Gasteiger partial charge in [-0.3, -0.25) is 0 Å². The number of thiazole rings is 2. The normalized spacial score (nSPS) is 21.9. The van der Waals surface area contributed by atoms with Crippen molar-refractivity contribution in [2.75, 3.05) is 0 Å². The number of aromatic nitrogens is 2. The molecule has 0 saturated carbocycles. The molecule has 2 heterocycles. The van der Waals surface area contributed by atoms with Crippen LogP contribution in [0.25, 0.3) is 10.0 Å². The monoisotopic (exact) mass is 299 g/mol. The van der Waals surface area contributed by atoms with Crippen LogP contribution in [0, 0.1) is 5.41 Å². The van der Waals surface area contributed by atoms with E-state index in [2.05, 4.69) is 18.8 Å². The molecular weight excluding hydrogens is 286 g/mol. The van der Waals surface area contributed by atoms with E-state index in [0.717, 1.165) is 28.6 Å². The maximum atomic E-state index is 6.25. The van der Waals surface area contributed by atoms with Crippen LogP contribution in [0.4, 0.5) is 0 Å². The Labute approximate surface area is 119 Å². The van der Waals surface area contributed by atoms with Crippen LogP contribution in [-0.4, -0.2) is 9.97 Å². The van der Waals surface area contributed by atoms with Gasteiger partial charge in [0, 0.05) is 10.9 Å². The van der Waals surface area contributed by atoms with Gasteiger partial charge in [-0.2, -0.15) is 0 Å². The molecule has 1 aliphatic carbocycles. The zero-order valence-electron chi connectivity index (χ0n) is 10.2. The topological polar surface area (TPSA) is 51.8 Å². The third-order valence-corrected chi connectivity index (χ3v) is 5.63. The molecule has 0 aromatic carbocycles. The SMILES string of the molecule is CC1(C)Cc2nc(-c3ncc(Cl)s3)sc2C(N)C1. The van der Waals surface area contributed by atoms with Crippen LogP contribution >= 0.6 is 34.3 Å². The largest absolute Gasteiger partial charge is 0.323 e. The lowest BCUT2D eigenvalue weighted by atomic mass is 9.77. The number of nitrogens with two attached hydrogens (primary N) is 1. The molecule has 1 atom stereocenters. The molecule has 1 unspecified atom stereocenters. The van der Waals surface area contributed by atoms with Crippen LogP contribution in [0.5, 0.6) is 0 Å². The van der Waals surface area contributed by atoms with Gasteiger partial charge in [-0.05, 0) is 18.3 Å². The van der Waals surface area contributed by atoms with E-state index in [9.17, 15) is 0 Å². The van der Waals surface area contributed by atoms with E-state index < -0.39 is 0 Å². The summed E-state index contributed by atoms with van der Waals surface area (Å²) in [4.78, 5) is 10.2. The molecule has 0 amide bonds. The van der Waals surface area contributed by atoms with Crippen LogP contribution in [0.2, 0.25) is 4.34 Å². The lowest BCUT2D eigenvalue weighted by molar-refractivity contribution is 0.282. The smallest absolute Gasteiger partial charge is 0.153 e. The summed E-state index contributed by atoms with van der Waals surface area (Å²) in [6, 6.07) is 0.102. The fourth-order valence-corrected chi connectivity index (χ4v) is 4.46. The number of rotatable bonds is 1. The predicted octanol–water partition coefficient (Wildman–Crippen LogP) is 3.89. The molecule has 3 rings (SSSR count). The molecule has 3 nitrogen and oxygen atoms in total. The Balaban J connectivity index is 2.02. The average molecular weight is 300 g/mol. The number of fused-ring (bicyclic) bond motifs is 1. The Bertz CT molecular complexity index is 588. The summed E-state index contributed by atoms with van der Waals surface area (Å²) in [6.45, 7) is 4.49. The molecule has 0 saturated heterocycles. The van der Waals surface area contributed by atoms with Gasteiger partial charge in [0.25, 0.3) is 0 Å². The second-order valence-electron chi connectivity index (χ2n) is 5.45. The molecule has 2 aromatic rings. The maximum absolute atomic E-state index is 6.25. The van der Waals surface area contributed by atoms with Crippen molar-refractivity contribution in [2.24, 2.45) is 11.1 Å². The molecule has 0 fully saturated rings. The summed E-state index contributed by atoms with van der Waals surface area (Å²) in [5, 5.41) is 1.84. The van der Waals surface area contributed by atoms with E-state index in [1.54, 1.807) is 17.5 Å². The Morgan fingerprint density at radius 3 is 2.83 bits per heavy atom. The van der Waals surface area contributed by atoms with Crippen molar-refractivity contribution in [3.05, 3.63) is 21.1 Å². The van der Waals surface area contributed by atoms with Crippen molar-refractivity contribution in [3.8, 4) is 10.0 Å². The Hall–Kier alpha value is -0.490.